The van der Waals surface area contributed by atoms with Gasteiger partial charge in [-0.25, -0.2) is 0 Å². The average molecular weight is 272 g/mol. The van der Waals surface area contributed by atoms with Crippen LogP contribution in [0.4, 0.5) is 0 Å². The minimum absolute atomic E-state index is 0.249. The van der Waals surface area contributed by atoms with Gasteiger partial charge in [0.15, 0.2) is 4.67 Å². The molecule has 0 radical (unpaired) electrons. The average Bonchev–Trinajstić information content (AvgIpc) is 2.49. The Balaban J connectivity index is 2.33. The van der Waals surface area contributed by atoms with Gasteiger partial charge in [0.2, 0.25) is 11.8 Å². The lowest BCUT2D eigenvalue weighted by molar-refractivity contribution is -0.135. The van der Waals surface area contributed by atoms with Crippen molar-refractivity contribution in [2.45, 2.75) is 25.2 Å². The Morgan fingerprint density at radius 1 is 1.33 bits per heavy atom. The number of halogens is 1. The van der Waals surface area contributed by atoms with E-state index in [4.69, 9.17) is 4.42 Å². The second kappa shape index (κ2) is 3.48. The van der Waals surface area contributed by atoms with Crippen LogP contribution in [0.1, 0.15) is 25.5 Å². The predicted octanol–water partition coefficient (Wildman–Crippen LogP) is 1.74. The summed E-state index contributed by atoms with van der Waals surface area (Å²) in [6, 6.07) is 3.55. The molecular weight excluding hydrogens is 262 g/mol. The van der Waals surface area contributed by atoms with Crippen LogP contribution in [0.2, 0.25) is 0 Å². The van der Waals surface area contributed by atoms with Crippen LogP contribution in [-0.4, -0.2) is 11.8 Å². The summed E-state index contributed by atoms with van der Waals surface area (Å²) in [5.74, 6) is 0.167. The van der Waals surface area contributed by atoms with Gasteiger partial charge >= 0.3 is 0 Å². The van der Waals surface area contributed by atoms with Crippen molar-refractivity contribution in [1.29, 1.82) is 0 Å². The van der Waals surface area contributed by atoms with Gasteiger partial charge in [-0.3, -0.25) is 14.9 Å². The summed E-state index contributed by atoms with van der Waals surface area (Å²) in [7, 11) is 0. The minimum atomic E-state index is -0.522. The number of carbonyl (C=O) groups is 2. The van der Waals surface area contributed by atoms with Crippen LogP contribution in [0.5, 0.6) is 0 Å². The maximum Gasteiger partial charge on any atom is 0.227 e. The topological polar surface area (TPSA) is 59.3 Å². The summed E-state index contributed by atoms with van der Waals surface area (Å²) in [5.41, 5.74) is -0.522. The highest BCUT2D eigenvalue weighted by atomic mass is 79.9. The molecule has 2 rings (SSSR count). The van der Waals surface area contributed by atoms with Crippen molar-refractivity contribution in [2.75, 3.05) is 0 Å². The highest BCUT2D eigenvalue weighted by Gasteiger charge is 2.39. The molecule has 0 aliphatic carbocycles. The van der Waals surface area contributed by atoms with Crippen LogP contribution in [0.3, 0.4) is 0 Å². The number of nitrogens with one attached hydrogen (secondary N) is 1. The molecule has 1 saturated heterocycles. The van der Waals surface area contributed by atoms with Crippen molar-refractivity contribution in [3.63, 3.8) is 0 Å². The number of piperidine rings is 1. The Hall–Kier alpha value is -1.10. The minimum Gasteiger partial charge on any atom is -0.454 e. The molecule has 0 aromatic carbocycles. The van der Waals surface area contributed by atoms with Crippen molar-refractivity contribution in [3.05, 3.63) is 22.6 Å². The highest BCUT2D eigenvalue weighted by molar-refractivity contribution is 9.10. The first-order valence-electron chi connectivity index (χ1n) is 4.58. The molecule has 0 unspecified atom stereocenters. The number of furan rings is 1. The van der Waals surface area contributed by atoms with E-state index in [1.165, 1.54) is 0 Å². The SMILES string of the molecule is CC1(c2ccc(Br)o2)CC(=O)NC(=O)C1. The van der Waals surface area contributed by atoms with Gasteiger partial charge in [-0.2, -0.15) is 0 Å². The van der Waals surface area contributed by atoms with Crippen LogP contribution in [0.25, 0.3) is 0 Å². The number of amides is 2. The monoisotopic (exact) mass is 271 g/mol. The van der Waals surface area contributed by atoms with Crippen molar-refractivity contribution < 1.29 is 14.0 Å². The van der Waals surface area contributed by atoms with Gasteiger partial charge in [0.1, 0.15) is 5.76 Å². The first-order valence-corrected chi connectivity index (χ1v) is 5.37. The number of rotatable bonds is 1. The van der Waals surface area contributed by atoms with Gasteiger partial charge < -0.3 is 4.42 Å². The fraction of sp³-hybridized carbons (Fsp3) is 0.400. The molecule has 0 spiro atoms. The van der Waals surface area contributed by atoms with Gasteiger partial charge in [-0.05, 0) is 28.1 Å². The smallest absolute Gasteiger partial charge is 0.227 e. The zero-order valence-electron chi connectivity index (χ0n) is 8.17. The predicted molar refractivity (Wildman–Crippen MR) is 56.1 cm³/mol. The summed E-state index contributed by atoms with van der Waals surface area (Å²) in [6.45, 7) is 1.86. The lowest BCUT2D eigenvalue weighted by Crippen LogP contribution is -2.45. The highest BCUT2D eigenvalue weighted by Crippen LogP contribution is 2.35. The summed E-state index contributed by atoms with van der Waals surface area (Å²) < 4.78 is 6.02. The molecule has 2 amide bonds. The van der Waals surface area contributed by atoms with E-state index in [0.29, 0.717) is 10.4 Å². The van der Waals surface area contributed by atoms with Crippen molar-refractivity contribution >= 4 is 27.7 Å². The zero-order chi connectivity index (χ0) is 11.1. The summed E-state index contributed by atoms with van der Waals surface area (Å²) >= 11 is 3.20. The number of carbonyl (C=O) groups excluding carboxylic acids is 2. The van der Waals surface area contributed by atoms with Crippen LogP contribution >= 0.6 is 15.9 Å². The number of imide groups is 1. The van der Waals surface area contributed by atoms with Crippen LogP contribution in [-0.2, 0) is 15.0 Å². The lowest BCUT2D eigenvalue weighted by Gasteiger charge is -2.29. The molecule has 1 aromatic heterocycles. The molecule has 1 N–H and O–H groups in total. The maximum atomic E-state index is 11.3. The maximum absolute atomic E-state index is 11.3. The second-order valence-corrected chi connectivity index (χ2v) is 4.77. The quantitative estimate of drug-likeness (QED) is 0.792. The van der Waals surface area contributed by atoms with E-state index in [1.807, 2.05) is 6.92 Å². The number of hydrogen-bond acceptors (Lipinski definition) is 3. The first kappa shape index (κ1) is 10.4. The standard InChI is InChI=1S/C10H10BrNO3/c1-10(6-2-3-7(11)15-6)4-8(13)12-9(14)5-10/h2-3H,4-5H2,1H3,(H,12,13,14). The Morgan fingerprint density at radius 2 is 1.93 bits per heavy atom. The second-order valence-electron chi connectivity index (χ2n) is 3.99. The zero-order valence-corrected chi connectivity index (χ0v) is 9.76. The molecule has 1 aliphatic heterocycles. The molecular formula is C10H10BrNO3. The third-order valence-electron chi connectivity index (χ3n) is 2.55. The van der Waals surface area contributed by atoms with E-state index in [9.17, 15) is 9.59 Å². The third-order valence-corrected chi connectivity index (χ3v) is 2.97. The molecule has 0 saturated carbocycles. The van der Waals surface area contributed by atoms with Crippen molar-refractivity contribution in [3.8, 4) is 0 Å². The Kier molecular flexibility index (Phi) is 2.42. The third kappa shape index (κ3) is 1.97. The van der Waals surface area contributed by atoms with Gasteiger partial charge in [0, 0.05) is 18.3 Å². The lowest BCUT2D eigenvalue weighted by atomic mass is 9.78. The molecule has 15 heavy (non-hydrogen) atoms. The van der Waals surface area contributed by atoms with Crippen LogP contribution < -0.4 is 5.32 Å². The van der Waals surface area contributed by atoms with Crippen molar-refractivity contribution in [2.24, 2.45) is 0 Å². The molecule has 2 heterocycles. The molecule has 80 valence electrons. The first-order chi connectivity index (χ1) is 6.99. The van der Waals surface area contributed by atoms with Crippen molar-refractivity contribution in [1.82, 2.24) is 5.32 Å². The number of hydrogen-bond donors (Lipinski definition) is 1. The van der Waals surface area contributed by atoms with E-state index < -0.39 is 5.41 Å². The van der Waals surface area contributed by atoms with E-state index in [0.717, 1.165) is 0 Å². The van der Waals surface area contributed by atoms with Gasteiger partial charge in [-0.15, -0.1) is 0 Å². The summed E-state index contributed by atoms with van der Waals surface area (Å²) in [4.78, 5) is 22.6. The van der Waals surface area contributed by atoms with E-state index in [1.54, 1.807) is 12.1 Å². The fourth-order valence-electron chi connectivity index (χ4n) is 1.83. The summed E-state index contributed by atoms with van der Waals surface area (Å²) in [5, 5.41) is 2.28. The molecule has 4 nitrogen and oxygen atoms in total. The molecule has 1 aliphatic rings. The molecule has 1 fully saturated rings. The molecule has 0 atom stereocenters. The van der Waals surface area contributed by atoms with E-state index in [-0.39, 0.29) is 24.7 Å². The van der Waals surface area contributed by atoms with Gasteiger partial charge in [0.25, 0.3) is 0 Å². The fourth-order valence-corrected chi connectivity index (χ4v) is 2.13. The Morgan fingerprint density at radius 3 is 2.40 bits per heavy atom. The molecule has 1 aromatic rings. The largest absolute Gasteiger partial charge is 0.454 e. The van der Waals surface area contributed by atoms with E-state index in [2.05, 4.69) is 21.2 Å². The Bertz CT molecular complexity index is 408. The normalized spacial score (nSPS) is 20.1. The van der Waals surface area contributed by atoms with Gasteiger partial charge in [-0.1, -0.05) is 6.92 Å². The molecule has 0 bridgehead atoms. The van der Waals surface area contributed by atoms with E-state index >= 15 is 0 Å². The van der Waals surface area contributed by atoms with Crippen LogP contribution in [0, 0.1) is 0 Å². The van der Waals surface area contributed by atoms with Crippen LogP contribution in [0.15, 0.2) is 21.2 Å². The molecule has 5 heteroatoms. The summed E-state index contributed by atoms with van der Waals surface area (Å²) in [6.07, 6.45) is 0.553. The van der Waals surface area contributed by atoms with Gasteiger partial charge in [0.05, 0.1) is 0 Å². The Labute approximate surface area is 95.2 Å².